The summed E-state index contributed by atoms with van der Waals surface area (Å²) in [6, 6.07) is 25.4. The van der Waals surface area contributed by atoms with Crippen LogP contribution in [0.2, 0.25) is 0 Å². The minimum atomic E-state index is -1.29. The number of carbonyl (C=O) groups excluding carboxylic acids is 1. The van der Waals surface area contributed by atoms with Gasteiger partial charge < -0.3 is 14.9 Å². The highest BCUT2D eigenvalue weighted by molar-refractivity contribution is 5.91. The quantitative estimate of drug-likeness (QED) is 0.116. The number of aliphatic hydroxyl groups excluding tert-OH is 2. The van der Waals surface area contributed by atoms with Crippen LogP contribution in [0, 0.1) is 5.92 Å². The van der Waals surface area contributed by atoms with Crippen LogP contribution >= 0.6 is 0 Å². The van der Waals surface area contributed by atoms with E-state index in [1.54, 1.807) is 4.57 Å². The smallest absolute Gasteiger partial charge is 0.280 e. The third-order valence-corrected chi connectivity index (χ3v) is 12.5. The molecule has 3 heterocycles. The number of nitrogens with zero attached hydrogens (tertiary/aromatic N) is 3. The summed E-state index contributed by atoms with van der Waals surface area (Å²) in [6.45, 7) is 19.6. The van der Waals surface area contributed by atoms with Gasteiger partial charge in [-0.1, -0.05) is 154 Å². The van der Waals surface area contributed by atoms with E-state index in [1.807, 2.05) is 0 Å². The molecule has 3 aromatic carbocycles. The van der Waals surface area contributed by atoms with Gasteiger partial charge in [-0.2, -0.15) is 4.98 Å². The van der Waals surface area contributed by atoms with Crippen molar-refractivity contribution in [2.45, 2.75) is 147 Å². The fraction of sp³-hybridized carbons (Fsp3) is 0.500. The number of ether oxygens (including phenoxy) is 1. The number of fused-ring (bicyclic) bond motifs is 1. The number of carbonyl (C=O) groups is 1. The third kappa shape index (κ3) is 7.91. The molecule has 7 rings (SSSR count). The first kappa shape index (κ1) is 41.5. The summed E-state index contributed by atoms with van der Waals surface area (Å²) >= 11 is 0. The van der Waals surface area contributed by atoms with Crippen LogP contribution in [-0.2, 0) is 31.2 Å². The number of anilines is 1. The van der Waals surface area contributed by atoms with Crippen LogP contribution in [0.5, 0.6) is 0 Å². The van der Waals surface area contributed by atoms with Gasteiger partial charge in [-0.25, -0.2) is 4.98 Å². The molecule has 2 aromatic heterocycles. The zero-order valence-corrected chi connectivity index (χ0v) is 35.6. The number of aliphatic hydroxyl groups is 2. The molecule has 4 N–H and O–H groups in total. The maximum atomic E-state index is 13.2. The Morgan fingerprint density at radius 2 is 1.21 bits per heavy atom. The Morgan fingerprint density at radius 1 is 0.759 bits per heavy atom. The lowest BCUT2D eigenvalue weighted by molar-refractivity contribution is -0.120. The Balaban J connectivity index is 1.33. The molecule has 308 valence electrons. The molecule has 10 heteroatoms. The molecule has 0 spiro atoms. The van der Waals surface area contributed by atoms with Crippen molar-refractivity contribution < 1.29 is 19.7 Å². The lowest BCUT2D eigenvalue weighted by Gasteiger charge is -2.43. The molecule has 1 amide bonds. The molecule has 0 radical (unpaired) electrons. The molecule has 2 aliphatic rings. The standard InChI is InChI=1S/C48H61N5O5/c1-45(2,3)30-15-21-33(22-16-30)48(34-23-17-31(18-24-34)46(4,5)6,35-25-19-32(20-26-35)47(7,8)9)40(55)39-36(54)27-37(58-39)53-28-49-38-41(53)50-44(52-43(38)57)51-42(56)29-13-11-10-12-14-29/h15-26,28-29,36-37,39-40,54-55H,10-14,27H2,1-9H3,(H2,50,51,52,56,57)/t36-,37+,39-,40?/m0/s1. The maximum Gasteiger partial charge on any atom is 0.280 e. The number of hydrogen-bond donors (Lipinski definition) is 4. The second-order valence-electron chi connectivity index (χ2n) is 19.7. The topological polar surface area (TPSA) is 142 Å². The van der Waals surface area contributed by atoms with Crippen molar-refractivity contribution in [1.82, 2.24) is 19.5 Å². The molecular weight excluding hydrogens is 727 g/mol. The van der Waals surface area contributed by atoms with Crippen LogP contribution in [0.25, 0.3) is 11.2 Å². The molecule has 4 atom stereocenters. The summed E-state index contributed by atoms with van der Waals surface area (Å²) in [5.74, 6) is -0.253. The van der Waals surface area contributed by atoms with E-state index >= 15 is 0 Å². The first-order valence-corrected chi connectivity index (χ1v) is 20.9. The van der Waals surface area contributed by atoms with E-state index in [0.717, 1.165) is 65.5 Å². The van der Waals surface area contributed by atoms with Gasteiger partial charge in [0.2, 0.25) is 11.9 Å². The predicted molar refractivity (Wildman–Crippen MR) is 229 cm³/mol. The summed E-state index contributed by atoms with van der Waals surface area (Å²) in [5, 5.41) is 28.0. The summed E-state index contributed by atoms with van der Waals surface area (Å²) in [6.07, 6.45) is 2.03. The highest BCUT2D eigenvalue weighted by atomic mass is 16.5. The van der Waals surface area contributed by atoms with Crippen LogP contribution in [-0.4, -0.2) is 54.0 Å². The molecule has 58 heavy (non-hydrogen) atoms. The Bertz CT molecular complexity index is 2140. The molecule has 1 saturated carbocycles. The van der Waals surface area contributed by atoms with E-state index < -0.39 is 35.5 Å². The lowest BCUT2D eigenvalue weighted by Crippen LogP contribution is -2.51. The van der Waals surface area contributed by atoms with Gasteiger partial charge in [0.1, 0.15) is 18.4 Å². The minimum Gasteiger partial charge on any atom is -0.390 e. The van der Waals surface area contributed by atoms with Crippen molar-refractivity contribution in [1.29, 1.82) is 0 Å². The molecule has 5 aromatic rings. The Hall–Kier alpha value is -4.64. The number of amides is 1. The van der Waals surface area contributed by atoms with Crippen molar-refractivity contribution in [2.24, 2.45) is 5.92 Å². The lowest BCUT2D eigenvalue weighted by atomic mass is 9.63. The summed E-state index contributed by atoms with van der Waals surface area (Å²) in [4.78, 5) is 38.0. The van der Waals surface area contributed by atoms with Crippen molar-refractivity contribution in [2.75, 3.05) is 5.32 Å². The van der Waals surface area contributed by atoms with Gasteiger partial charge >= 0.3 is 0 Å². The fourth-order valence-corrected chi connectivity index (χ4v) is 8.87. The number of hydrogen-bond acceptors (Lipinski definition) is 7. The van der Waals surface area contributed by atoms with Gasteiger partial charge in [0, 0.05) is 12.3 Å². The van der Waals surface area contributed by atoms with Gasteiger partial charge in [-0.05, 0) is 62.5 Å². The molecule has 0 bridgehead atoms. The molecule has 1 aliphatic heterocycles. The van der Waals surface area contributed by atoms with E-state index in [1.165, 1.54) is 6.33 Å². The van der Waals surface area contributed by atoms with Crippen molar-refractivity contribution >= 4 is 23.0 Å². The first-order valence-electron chi connectivity index (χ1n) is 20.9. The van der Waals surface area contributed by atoms with Crippen LogP contribution in [0.15, 0.2) is 83.9 Å². The van der Waals surface area contributed by atoms with E-state index in [-0.39, 0.29) is 51.6 Å². The normalized spacial score (nSPS) is 20.4. The second kappa shape index (κ2) is 15.5. The number of aromatic nitrogens is 4. The van der Waals surface area contributed by atoms with Crippen LogP contribution in [0.1, 0.15) is 140 Å². The second-order valence-corrected chi connectivity index (χ2v) is 19.7. The third-order valence-electron chi connectivity index (χ3n) is 12.5. The maximum absolute atomic E-state index is 13.2. The number of imidazole rings is 1. The largest absolute Gasteiger partial charge is 0.390 e. The van der Waals surface area contributed by atoms with Crippen LogP contribution in [0.4, 0.5) is 5.95 Å². The van der Waals surface area contributed by atoms with Gasteiger partial charge in [0.25, 0.3) is 5.56 Å². The summed E-state index contributed by atoms with van der Waals surface area (Å²) in [7, 11) is 0. The Morgan fingerprint density at radius 3 is 1.66 bits per heavy atom. The van der Waals surface area contributed by atoms with Crippen LogP contribution in [0.3, 0.4) is 0 Å². The zero-order chi connectivity index (χ0) is 41.8. The van der Waals surface area contributed by atoms with Gasteiger partial charge in [-0.3, -0.25) is 24.5 Å². The van der Waals surface area contributed by atoms with E-state index in [2.05, 4.69) is 155 Å². The Kier molecular flexibility index (Phi) is 11.1. The predicted octanol–water partition coefficient (Wildman–Crippen LogP) is 8.57. The van der Waals surface area contributed by atoms with Crippen molar-refractivity contribution in [3.05, 3.63) is 123 Å². The average Bonchev–Trinajstić information content (AvgIpc) is 3.78. The van der Waals surface area contributed by atoms with Gasteiger partial charge in [0.15, 0.2) is 11.2 Å². The SMILES string of the molecule is CC(C)(C)c1ccc(C(c2ccc(C(C)(C)C)cc2)(c2ccc(C(C)(C)C)cc2)C(O)[C@H]2O[C@@H](n3cnc4c(=O)[nH]c(NC(=O)C5CCCCC5)nc43)C[C@@H]2O)cc1. The first-order chi connectivity index (χ1) is 27.3. The molecule has 1 unspecified atom stereocenters. The number of benzene rings is 3. The molecule has 1 aliphatic carbocycles. The van der Waals surface area contributed by atoms with Crippen molar-refractivity contribution in [3.8, 4) is 0 Å². The zero-order valence-electron chi connectivity index (χ0n) is 35.6. The summed E-state index contributed by atoms with van der Waals surface area (Å²) in [5.41, 5.74) is 4.40. The molecule has 1 saturated heterocycles. The van der Waals surface area contributed by atoms with Gasteiger partial charge in [0.05, 0.1) is 17.8 Å². The monoisotopic (exact) mass is 787 g/mol. The number of aromatic amines is 1. The van der Waals surface area contributed by atoms with E-state index in [4.69, 9.17) is 4.74 Å². The number of nitrogens with one attached hydrogen (secondary N) is 2. The van der Waals surface area contributed by atoms with Crippen molar-refractivity contribution in [3.63, 3.8) is 0 Å². The number of rotatable bonds is 8. The molecule has 2 fully saturated rings. The molecule has 10 nitrogen and oxygen atoms in total. The highest BCUT2D eigenvalue weighted by Gasteiger charge is 2.52. The van der Waals surface area contributed by atoms with Gasteiger partial charge in [-0.15, -0.1) is 0 Å². The van der Waals surface area contributed by atoms with E-state index in [0.29, 0.717) is 0 Å². The highest BCUT2D eigenvalue weighted by Crippen LogP contribution is 2.48. The Labute approximate surface area is 342 Å². The van der Waals surface area contributed by atoms with E-state index in [9.17, 15) is 19.8 Å². The molecular formula is C48H61N5O5. The van der Waals surface area contributed by atoms with Crippen LogP contribution < -0.4 is 10.9 Å². The fourth-order valence-electron chi connectivity index (χ4n) is 8.87. The minimum absolute atomic E-state index is 0.0417. The average molecular weight is 788 g/mol. The summed E-state index contributed by atoms with van der Waals surface area (Å²) < 4.78 is 8.35. The number of H-pyrrole nitrogens is 1.